The Labute approximate surface area is 120 Å². The lowest BCUT2D eigenvalue weighted by molar-refractivity contribution is 0.164. The number of halogens is 1. The van der Waals surface area contributed by atoms with Gasteiger partial charge < -0.3 is 0 Å². The normalized spacial score (nSPS) is 18.6. The molecule has 0 aromatic heterocycles. The fourth-order valence-electron chi connectivity index (χ4n) is 2.56. The third-order valence-electron chi connectivity index (χ3n) is 3.91. The molecule has 0 aliphatic carbocycles. The van der Waals surface area contributed by atoms with E-state index in [1.165, 1.54) is 22.7 Å². The minimum atomic E-state index is -3.11. The van der Waals surface area contributed by atoms with Crippen molar-refractivity contribution in [3.05, 3.63) is 35.6 Å². The largest absolute Gasteiger partial charge is 0.299 e. The average Bonchev–Trinajstić information content (AvgIpc) is 2.40. The maximum absolute atomic E-state index is 12.8. The number of piperidine rings is 1. The zero-order chi connectivity index (χ0) is 14.8. The second-order valence-corrected chi connectivity index (χ2v) is 7.45. The molecule has 0 amide bonds. The van der Waals surface area contributed by atoms with Crippen molar-refractivity contribution in [1.29, 1.82) is 0 Å². The number of sulfonamides is 1. The van der Waals surface area contributed by atoms with E-state index >= 15 is 0 Å². The summed E-state index contributed by atoms with van der Waals surface area (Å²) in [6.07, 6.45) is 2.92. The second-order valence-electron chi connectivity index (χ2n) is 5.41. The van der Waals surface area contributed by atoms with Crippen molar-refractivity contribution in [2.24, 2.45) is 0 Å². The number of nitrogens with zero attached hydrogens (tertiary/aromatic N) is 2. The van der Waals surface area contributed by atoms with Crippen molar-refractivity contribution in [3.8, 4) is 0 Å². The predicted octanol–water partition coefficient (Wildman–Crippen LogP) is 1.68. The van der Waals surface area contributed by atoms with Gasteiger partial charge in [0.05, 0.1) is 6.26 Å². The summed E-state index contributed by atoms with van der Waals surface area (Å²) in [5, 5.41) is 0. The van der Waals surface area contributed by atoms with E-state index < -0.39 is 10.0 Å². The molecule has 1 heterocycles. The Balaban J connectivity index is 1.87. The highest BCUT2D eigenvalue weighted by Gasteiger charge is 2.26. The third-order valence-corrected chi connectivity index (χ3v) is 5.26. The van der Waals surface area contributed by atoms with Gasteiger partial charge in [0, 0.05) is 32.7 Å². The van der Waals surface area contributed by atoms with Crippen molar-refractivity contribution in [1.82, 2.24) is 9.21 Å². The highest BCUT2D eigenvalue weighted by atomic mass is 32.2. The summed E-state index contributed by atoms with van der Waals surface area (Å²) in [6, 6.07) is 6.63. The molecule has 6 heteroatoms. The summed E-state index contributed by atoms with van der Waals surface area (Å²) in [5.74, 6) is -0.220. The van der Waals surface area contributed by atoms with Gasteiger partial charge in [-0.05, 0) is 30.5 Å². The lowest BCUT2D eigenvalue weighted by Gasteiger charge is -2.35. The van der Waals surface area contributed by atoms with E-state index in [-0.39, 0.29) is 11.9 Å². The molecule has 0 saturated carbocycles. The van der Waals surface area contributed by atoms with E-state index in [4.69, 9.17) is 0 Å². The highest BCUT2D eigenvalue weighted by Crippen LogP contribution is 2.19. The quantitative estimate of drug-likeness (QED) is 0.849. The van der Waals surface area contributed by atoms with Crippen LogP contribution in [0, 0.1) is 5.82 Å². The number of rotatable bonds is 4. The van der Waals surface area contributed by atoms with Gasteiger partial charge in [0.15, 0.2) is 0 Å². The fraction of sp³-hybridized carbons (Fsp3) is 0.571. The number of hydrogen-bond acceptors (Lipinski definition) is 3. The van der Waals surface area contributed by atoms with Crippen LogP contribution in [-0.4, -0.2) is 50.1 Å². The van der Waals surface area contributed by atoms with Crippen LogP contribution >= 0.6 is 0 Å². The van der Waals surface area contributed by atoms with Crippen molar-refractivity contribution < 1.29 is 12.8 Å². The van der Waals surface area contributed by atoms with Gasteiger partial charge >= 0.3 is 0 Å². The first-order valence-electron chi connectivity index (χ1n) is 6.76. The lowest BCUT2D eigenvalue weighted by atomic mass is 10.0. The Morgan fingerprint density at radius 1 is 1.25 bits per heavy atom. The molecule has 1 aromatic rings. The SMILES string of the molecule is CN(C1CCN(Cc2ccc(F)cc2)CC1)S(C)(=O)=O. The van der Waals surface area contributed by atoms with Crippen molar-refractivity contribution >= 4 is 10.0 Å². The van der Waals surface area contributed by atoms with E-state index in [1.807, 2.05) is 0 Å². The maximum Gasteiger partial charge on any atom is 0.211 e. The lowest BCUT2D eigenvalue weighted by Crippen LogP contribution is -2.44. The molecular formula is C14H21FN2O2S. The number of benzene rings is 1. The molecule has 4 nitrogen and oxygen atoms in total. The summed E-state index contributed by atoms with van der Waals surface area (Å²) in [7, 11) is -1.46. The molecule has 0 radical (unpaired) electrons. The van der Waals surface area contributed by atoms with Gasteiger partial charge in [0.25, 0.3) is 0 Å². The Hall–Kier alpha value is -0.980. The first-order chi connectivity index (χ1) is 9.36. The minimum Gasteiger partial charge on any atom is -0.299 e. The third kappa shape index (κ3) is 4.01. The van der Waals surface area contributed by atoms with Crippen molar-refractivity contribution in [2.45, 2.75) is 25.4 Å². The molecular weight excluding hydrogens is 279 g/mol. The monoisotopic (exact) mass is 300 g/mol. The summed E-state index contributed by atoms with van der Waals surface area (Å²) in [6.45, 7) is 2.51. The first-order valence-corrected chi connectivity index (χ1v) is 8.61. The molecule has 1 aliphatic heterocycles. The second kappa shape index (κ2) is 6.20. The van der Waals surface area contributed by atoms with Gasteiger partial charge in [-0.1, -0.05) is 12.1 Å². The van der Waals surface area contributed by atoms with Crippen LogP contribution in [0.2, 0.25) is 0 Å². The zero-order valence-corrected chi connectivity index (χ0v) is 12.7. The molecule has 1 fully saturated rings. The molecule has 112 valence electrons. The summed E-state index contributed by atoms with van der Waals surface area (Å²) >= 11 is 0. The van der Waals surface area contributed by atoms with Crippen LogP contribution in [0.1, 0.15) is 18.4 Å². The van der Waals surface area contributed by atoms with E-state index in [9.17, 15) is 12.8 Å². The van der Waals surface area contributed by atoms with Crippen LogP contribution in [0.4, 0.5) is 4.39 Å². The van der Waals surface area contributed by atoms with Crippen LogP contribution in [0.15, 0.2) is 24.3 Å². The number of likely N-dealkylation sites (tertiary alicyclic amines) is 1. The van der Waals surface area contributed by atoms with Gasteiger partial charge in [0.1, 0.15) is 5.82 Å². The smallest absolute Gasteiger partial charge is 0.211 e. The highest BCUT2D eigenvalue weighted by molar-refractivity contribution is 7.88. The topological polar surface area (TPSA) is 40.6 Å². The van der Waals surface area contributed by atoms with Crippen LogP contribution < -0.4 is 0 Å². The molecule has 0 bridgehead atoms. The molecule has 0 unspecified atom stereocenters. The van der Waals surface area contributed by atoms with Crippen LogP contribution in [0.25, 0.3) is 0 Å². The maximum atomic E-state index is 12.8. The molecule has 2 rings (SSSR count). The van der Waals surface area contributed by atoms with E-state index in [0.29, 0.717) is 0 Å². The summed E-state index contributed by atoms with van der Waals surface area (Å²) in [5.41, 5.74) is 1.08. The van der Waals surface area contributed by atoms with E-state index in [1.54, 1.807) is 19.2 Å². The Morgan fingerprint density at radius 2 is 1.80 bits per heavy atom. The van der Waals surface area contributed by atoms with Gasteiger partial charge in [-0.25, -0.2) is 17.1 Å². The molecule has 0 N–H and O–H groups in total. The van der Waals surface area contributed by atoms with Gasteiger partial charge in [-0.2, -0.15) is 0 Å². The molecule has 1 aliphatic rings. The van der Waals surface area contributed by atoms with Crippen molar-refractivity contribution in [3.63, 3.8) is 0 Å². The molecule has 0 atom stereocenters. The predicted molar refractivity (Wildman–Crippen MR) is 77.3 cm³/mol. The van der Waals surface area contributed by atoms with Crippen LogP contribution in [-0.2, 0) is 16.6 Å². The van der Waals surface area contributed by atoms with Crippen molar-refractivity contribution in [2.75, 3.05) is 26.4 Å². The molecule has 1 aromatic carbocycles. The van der Waals surface area contributed by atoms with Gasteiger partial charge in [-0.3, -0.25) is 4.90 Å². The summed E-state index contributed by atoms with van der Waals surface area (Å²) in [4.78, 5) is 2.28. The van der Waals surface area contributed by atoms with E-state index in [2.05, 4.69) is 4.90 Å². The number of hydrogen-bond donors (Lipinski definition) is 0. The van der Waals surface area contributed by atoms with Gasteiger partial charge in [-0.15, -0.1) is 0 Å². The zero-order valence-electron chi connectivity index (χ0n) is 11.9. The fourth-order valence-corrected chi connectivity index (χ4v) is 3.31. The summed E-state index contributed by atoms with van der Waals surface area (Å²) < 4.78 is 37.3. The minimum absolute atomic E-state index is 0.0921. The average molecular weight is 300 g/mol. The van der Waals surface area contributed by atoms with Gasteiger partial charge in [0.2, 0.25) is 10.0 Å². The Kier molecular flexibility index (Phi) is 4.78. The molecule has 20 heavy (non-hydrogen) atoms. The molecule has 1 saturated heterocycles. The van der Waals surface area contributed by atoms with Crippen LogP contribution in [0.3, 0.4) is 0 Å². The molecule has 0 spiro atoms. The van der Waals surface area contributed by atoms with E-state index in [0.717, 1.165) is 38.0 Å². The first kappa shape index (κ1) is 15.4. The van der Waals surface area contributed by atoms with Crippen LogP contribution in [0.5, 0.6) is 0 Å². The standard InChI is InChI=1S/C14H21FN2O2S/c1-16(20(2,18)19)14-7-9-17(10-8-14)11-12-3-5-13(15)6-4-12/h3-6,14H,7-11H2,1-2H3. The Bertz CT molecular complexity index is 537. The Morgan fingerprint density at radius 3 is 2.30 bits per heavy atom.